The van der Waals surface area contributed by atoms with Crippen molar-refractivity contribution in [3.8, 4) is 11.8 Å². The highest BCUT2D eigenvalue weighted by molar-refractivity contribution is 9.10. The second-order valence-corrected chi connectivity index (χ2v) is 3.36. The number of rotatable bonds is 1. The van der Waals surface area contributed by atoms with Gasteiger partial charge in [-0.15, -0.1) is 13.2 Å². The minimum Gasteiger partial charge on any atom is -0.404 e. The number of aryl methyl sites for hydroxylation is 1. The van der Waals surface area contributed by atoms with E-state index in [-0.39, 0.29) is 15.9 Å². The number of nitriles is 1. The number of halogens is 4. The molecule has 0 unspecified atom stereocenters. The van der Waals surface area contributed by atoms with E-state index in [1.165, 1.54) is 6.92 Å². The van der Waals surface area contributed by atoms with Crippen LogP contribution in [0.2, 0.25) is 0 Å². The maximum atomic E-state index is 11.9. The van der Waals surface area contributed by atoms with E-state index in [0.29, 0.717) is 0 Å². The van der Waals surface area contributed by atoms with Gasteiger partial charge in [0.25, 0.3) is 0 Å². The van der Waals surface area contributed by atoms with Crippen LogP contribution in [0.5, 0.6) is 5.75 Å². The Balaban J connectivity index is 3.18. The van der Waals surface area contributed by atoms with Gasteiger partial charge < -0.3 is 4.74 Å². The molecule has 1 aromatic rings. The Bertz CT molecular complexity index is 425. The fraction of sp³-hybridized carbons (Fsp3) is 0.250. The predicted molar refractivity (Wildman–Crippen MR) is 48.1 cm³/mol. The Morgan fingerprint density at radius 1 is 1.53 bits per heavy atom. The predicted octanol–water partition coefficient (Wildman–Crippen LogP) is 2.92. The number of hydrogen-bond donors (Lipinski definition) is 0. The lowest BCUT2D eigenvalue weighted by Gasteiger charge is -2.11. The Kier molecular flexibility index (Phi) is 3.19. The maximum absolute atomic E-state index is 11.9. The summed E-state index contributed by atoms with van der Waals surface area (Å²) in [6, 6.07) is 2.56. The van der Waals surface area contributed by atoms with Gasteiger partial charge >= 0.3 is 6.36 Å². The number of aromatic nitrogens is 1. The summed E-state index contributed by atoms with van der Waals surface area (Å²) in [5.74, 6) is -0.466. The van der Waals surface area contributed by atoms with Crippen LogP contribution < -0.4 is 4.74 Å². The van der Waals surface area contributed by atoms with Crippen molar-refractivity contribution in [2.24, 2.45) is 0 Å². The van der Waals surface area contributed by atoms with Gasteiger partial charge in [0.05, 0.1) is 10.2 Å². The van der Waals surface area contributed by atoms with Crippen molar-refractivity contribution in [1.82, 2.24) is 4.98 Å². The molecule has 0 N–H and O–H groups in total. The molecule has 0 aliphatic heterocycles. The fourth-order valence-corrected chi connectivity index (χ4v) is 1.17. The molecular weight excluding hydrogens is 277 g/mol. The second-order valence-electron chi connectivity index (χ2n) is 2.56. The minimum absolute atomic E-state index is 0.0822. The Morgan fingerprint density at radius 3 is 2.60 bits per heavy atom. The van der Waals surface area contributed by atoms with Crippen molar-refractivity contribution >= 4 is 15.9 Å². The van der Waals surface area contributed by atoms with E-state index in [9.17, 15) is 13.2 Å². The van der Waals surface area contributed by atoms with Crippen LogP contribution in [0.25, 0.3) is 0 Å². The standard InChI is InChI=1S/C8H4BrF3N2O/c1-4-7(9)6(15-8(10,11)12)2-5(3-13)14-4/h2H,1H3. The zero-order valence-corrected chi connectivity index (χ0v) is 8.98. The number of alkyl halides is 3. The van der Waals surface area contributed by atoms with E-state index >= 15 is 0 Å². The maximum Gasteiger partial charge on any atom is 0.573 e. The van der Waals surface area contributed by atoms with Crippen molar-refractivity contribution in [3.63, 3.8) is 0 Å². The van der Waals surface area contributed by atoms with E-state index < -0.39 is 12.1 Å². The Hall–Kier alpha value is -1.29. The topological polar surface area (TPSA) is 45.9 Å². The quantitative estimate of drug-likeness (QED) is 0.795. The van der Waals surface area contributed by atoms with Crippen LogP contribution in [0.15, 0.2) is 10.5 Å². The molecule has 0 aliphatic rings. The van der Waals surface area contributed by atoms with Crippen LogP contribution >= 0.6 is 15.9 Å². The Morgan fingerprint density at radius 2 is 2.13 bits per heavy atom. The van der Waals surface area contributed by atoms with E-state index in [2.05, 4.69) is 25.7 Å². The molecule has 3 nitrogen and oxygen atoms in total. The highest BCUT2D eigenvalue weighted by Gasteiger charge is 2.32. The molecule has 7 heteroatoms. The highest BCUT2D eigenvalue weighted by Crippen LogP contribution is 2.32. The van der Waals surface area contributed by atoms with E-state index in [1.807, 2.05) is 0 Å². The molecular formula is C8H4BrF3N2O. The van der Waals surface area contributed by atoms with Crippen LogP contribution in [0.1, 0.15) is 11.4 Å². The van der Waals surface area contributed by atoms with Crippen LogP contribution in [-0.2, 0) is 0 Å². The zero-order chi connectivity index (χ0) is 11.6. The summed E-state index contributed by atoms with van der Waals surface area (Å²) < 4.78 is 39.6. The largest absolute Gasteiger partial charge is 0.573 e. The van der Waals surface area contributed by atoms with E-state index in [4.69, 9.17) is 5.26 Å². The van der Waals surface area contributed by atoms with Gasteiger partial charge in [-0.05, 0) is 22.9 Å². The van der Waals surface area contributed by atoms with Gasteiger partial charge in [-0.2, -0.15) is 5.26 Å². The van der Waals surface area contributed by atoms with Gasteiger partial charge in [0.1, 0.15) is 17.5 Å². The Labute approximate surface area is 91.6 Å². The lowest BCUT2D eigenvalue weighted by molar-refractivity contribution is -0.274. The van der Waals surface area contributed by atoms with Crippen molar-refractivity contribution in [2.75, 3.05) is 0 Å². The first-order chi connectivity index (χ1) is 6.83. The molecule has 0 bridgehead atoms. The molecule has 1 aromatic heterocycles. The molecule has 0 spiro atoms. The van der Waals surface area contributed by atoms with Gasteiger partial charge in [0, 0.05) is 6.07 Å². The summed E-state index contributed by atoms with van der Waals surface area (Å²) >= 11 is 2.90. The summed E-state index contributed by atoms with van der Waals surface area (Å²) in [4.78, 5) is 3.73. The van der Waals surface area contributed by atoms with Crippen molar-refractivity contribution in [3.05, 3.63) is 21.9 Å². The lowest BCUT2D eigenvalue weighted by Crippen LogP contribution is -2.18. The highest BCUT2D eigenvalue weighted by atomic mass is 79.9. The first kappa shape index (κ1) is 11.8. The van der Waals surface area contributed by atoms with Crippen LogP contribution in [0.4, 0.5) is 13.2 Å². The van der Waals surface area contributed by atoms with Gasteiger partial charge in [0.15, 0.2) is 0 Å². The molecule has 0 fully saturated rings. The smallest absolute Gasteiger partial charge is 0.404 e. The lowest BCUT2D eigenvalue weighted by atomic mass is 10.3. The molecule has 0 aliphatic carbocycles. The summed E-state index contributed by atoms with van der Waals surface area (Å²) in [6.45, 7) is 1.47. The van der Waals surface area contributed by atoms with Crippen LogP contribution in [0.3, 0.4) is 0 Å². The summed E-state index contributed by atoms with van der Waals surface area (Å²) in [5.41, 5.74) is 0.128. The third-order valence-electron chi connectivity index (χ3n) is 1.43. The summed E-state index contributed by atoms with van der Waals surface area (Å²) in [7, 11) is 0. The van der Waals surface area contributed by atoms with Crippen LogP contribution in [0, 0.1) is 18.3 Å². The van der Waals surface area contributed by atoms with Gasteiger partial charge in [-0.25, -0.2) is 4.98 Å². The van der Waals surface area contributed by atoms with Gasteiger partial charge in [-0.1, -0.05) is 0 Å². The molecule has 0 saturated heterocycles. The van der Waals surface area contributed by atoms with Crippen molar-refractivity contribution in [1.29, 1.82) is 5.26 Å². The molecule has 0 amide bonds. The molecule has 80 valence electrons. The summed E-state index contributed by atoms with van der Waals surface area (Å²) in [6.07, 6.45) is -4.79. The van der Waals surface area contributed by atoms with Gasteiger partial charge in [0.2, 0.25) is 0 Å². The monoisotopic (exact) mass is 280 g/mol. The third-order valence-corrected chi connectivity index (χ3v) is 2.39. The molecule has 0 radical (unpaired) electrons. The van der Waals surface area contributed by atoms with E-state index in [0.717, 1.165) is 6.07 Å². The fourth-order valence-electron chi connectivity index (χ4n) is 0.884. The third kappa shape index (κ3) is 3.09. The SMILES string of the molecule is Cc1nc(C#N)cc(OC(F)(F)F)c1Br. The minimum atomic E-state index is -4.79. The van der Waals surface area contributed by atoms with Gasteiger partial charge in [-0.3, -0.25) is 0 Å². The average molecular weight is 281 g/mol. The first-order valence-electron chi connectivity index (χ1n) is 3.66. The summed E-state index contributed by atoms with van der Waals surface area (Å²) in [5, 5.41) is 8.51. The first-order valence-corrected chi connectivity index (χ1v) is 4.46. The second kappa shape index (κ2) is 4.06. The normalized spacial score (nSPS) is 10.9. The number of nitrogens with zero attached hydrogens (tertiary/aromatic N) is 2. The van der Waals surface area contributed by atoms with Crippen molar-refractivity contribution < 1.29 is 17.9 Å². The van der Waals surface area contributed by atoms with Crippen molar-refractivity contribution in [2.45, 2.75) is 13.3 Å². The zero-order valence-electron chi connectivity index (χ0n) is 7.39. The number of hydrogen-bond acceptors (Lipinski definition) is 3. The molecule has 1 rings (SSSR count). The molecule has 1 heterocycles. The van der Waals surface area contributed by atoms with E-state index in [1.54, 1.807) is 6.07 Å². The molecule has 15 heavy (non-hydrogen) atoms. The molecule has 0 saturated carbocycles. The number of pyridine rings is 1. The number of ether oxygens (including phenoxy) is 1. The molecule has 0 aromatic carbocycles. The molecule has 0 atom stereocenters. The van der Waals surface area contributed by atoms with Crippen LogP contribution in [-0.4, -0.2) is 11.3 Å². The average Bonchev–Trinajstić information content (AvgIpc) is 2.10.